The van der Waals surface area contributed by atoms with Crippen LogP contribution in [-0.4, -0.2) is 30.3 Å². The lowest BCUT2D eigenvalue weighted by Gasteiger charge is -2.03. The van der Waals surface area contributed by atoms with E-state index in [1.54, 1.807) is 19.2 Å². The number of carbonyl (C=O) groups excluding carboxylic acids is 1. The van der Waals surface area contributed by atoms with E-state index in [0.717, 1.165) is 10.0 Å². The summed E-state index contributed by atoms with van der Waals surface area (Å²) in [5.74, 6) is 0.907. The third-order valence-electron chi connectivity index (χ3n) is 2.40. The summed E-state index contributed by atoms with van der Waals surface area (Å²) in [6.07, 6.45) is -0.0408. The topological polar surface area (TPSA) is 74.5 Å². The van der Waals surface area contributed by atoms with Gasteiger partial charge in [-0.25, -0.2) is 0 Å². The number of carbonyl (C=O) groups is 1. The minimum atomic E-state index is -0.425. The Morgan fingerprint density at radius 2 is 2.21 bits per heavy atom. The lowest BCUT2D eigenvalue weighted by Crippen LogP contribution is -2.04. The second-order valence-electron chi connectivity index (χ2n) is 3.61. The molecule has 7 heteroatoms. The van der Waals surface area contributed by atoms with E-state index in [4.69, 9.17) is 9.26 Å². The van der Waals surface area contributed by atoms with E-state index in [-0.39, 0.29) is 12.3 Å². The van der Waals surface area contributed by atoms with Gasteiger partial charge in [-0.3, -0.25) is 4.79 Å². The standard InChI is InChI=1S/C12H11BrN2O4/c1-17-9-4-3-7(5-8(9)13)12-14-10(19-15-12)6-11(16)18-2/h3-5H,6H2,1-2H3. The number of methoxy groups -OCH3 is 2. The van der Waals surface area contributed by atoms with Crippen LogP contribution in [0.25, 0.3) is 11.4 Å². The van der Waals surface area contributed by atoms with Gasteiger partial charge in [-0.05, 0) is 34.1 Å². The van der Waals surface area contributed by atoms with Crippen LogP contribution in [0.5, 0.6) is 5.75 Å². The molecule has 0 N–H and O–H groups in total. The number of rotatable bonds is 4. The van der Waals surface area contributed by atoms with Crippen molar-refractivity contribution in [2.75, 3.05) is 14.2 Å². The van der Waals surface area contributed by atoms with Crippen molar-refractivity contribution in [3.8, 4) is 17.1 Å². The molecule has 1 aromatic heterocycles. The molecule has 0 aliphatic heterocycles. The third kappa shape index (κ3) is 3.11. The van der Waals surface area contributed by atoms with Gasteiger partial charge in [0.1, 0.15) is 12.2 Å². The molecule has 2 rings (SSSR count). The molecule has 0 saturated heterocycles. The van der Waals surface area contributed by atoms with Gasteiger partial charge >= 0.3 is 5.97 Å². The molecule has 0 unspecified atom stereocenters. The van der Waals surface area contributed by atoms with Crippen LogP contribution in [0.1, 0.15) is 5.89 Å². The highest BCUT2D eigenvalue weighted by Gasteiger charge is 2.13. The van der Waals surface area contributed by atoms with E-state index in [9.17, 15) is 4.79 Å². The number of hydrogen-bond donors (Lipinski definition) is 0. The van der Waals surface area contributed by atoms with Gasteiger partial charge in [-0.2, -0.15) is 4.98 Å². The maximum atomic E-state index is 11.1. The summed E-state index contributed by atoms with van der Waals surface area (Å²) in [4.78, 5) is 15.2. The molecule has 0 amide bonds. The van der Waals surface area contributed by atoms with E-state index in [0.29, 0.717) is 11.6 Å². The highest BCUT2D eigenvalue weighted by molar-refractivity contribution is 9.10. The predicted octanol–water partition coefficient (Wildman–Crippen LogP) is 2.22. The maximum absolute atomic E-state index is 11.1. The van der Waals surface area contributed by atoms with Gasteiger partial charge in [0.15, 0.2) is 0 Å². The molecule has 0 aliphatic carbocycles. The predicted molar refractivity (Wildman–Crippen MR) is 69.7 cm³/mol. The second kappa shape index (κ2) is 5.83. The molecule has 2 aromatic rings. The molecule has 0 aliphatic rings. The normalized spacial score (nSPS) is 10.3. The Balaban J connectivity index is 2.23. The first kappa shape index (κ1) is 13.5. The molecule has 100 valence electrons. The average Bonchev–Trinajstić information content (AvgIpc) is 2.87. The highest BCUT2D eigenvalue weighted by atomic mass is 79.9. The zero-order valence-electron chi connectivity index (χ0n) is 10.3. The van der Waals surface area contributed by atoms with Gasteiger partial charge in [0.25, 0.3) is 0 Å². The summed E-state index contributed by atoms with van der Waals surface area (Å²) in [6, 6.07) is 5.40. The van der Waals surface area contributed by atoms with Crippen LogP contribution in [0.3, 0.4) is 0 Å². The Kier molecular flexibility index (Phi) is 4.16. The van der Waals surface area contributed by atoms with Crippen molar-refractivity contribution in [1.29, 1.82) is 0 Å². The monoisotopic (exact) mass is 326 g/mol. The zero-order valence-corrected chi connectivity index (χ0v) is 11.9. The van der Waals surface area contributed by atoms with Gasteiger partial charge in [-0.15, -0.1) is 0 Å². The average molecular weight is 327 g/mol. The fourth-order valence-corrected chi connectivity index (χ4v) is 1.99. The first-order chi connectivity index (χ1) is 9.13. The van der Waals surface area contributed by atoms with Crippen LogP contribution in [0.2, 0.25) is 0 Å². The molecule has 0 fully saturated rings. The Labute approximate surface area is 117 Å². The second-order valence-corrected chi connectivity index (χ2v) is 4.47. The Hall–Kier alpha value is -1.89. The van der Waals surface area contributed by atoms with Crippen molar-refractivity contribution < 1.29 is 18.8 Å². The summed E-state index contributed by atoms with van der Waals surface area (Å²) < 4.78 is 15.4. The van der Waals surface area contributed by atoms with Gasteiger partial charge in [0.05, 0.1) is 18.7 Å². The van der Waals surface area contributed by atoms with Gasteiger partial charge in [-0.1, -0.05) is 5.16 Å². The number of aromatic nitrogens is 2. The molecular formula is C12H11BrN2O4. The van der Waals surface area contributed by atoms with E-state index in [1.165, 1.54) is 7.11 Å². The maximum Gasteiger partial charge on any atom is 0.315 e. The lowest BCUT2D eigenvalue weighted by molar-refractivity contribution is -0.140. The zero-order chi connectivity index (χ0) is 13.8. The molecule has 0 atom stereocenters. The molecule has 0 bridgehead atoms. The minimum absolute atomic E-state index is 0.0408. The van der Waals surface area contributed by atoms with Gasteiger partial charge in [0, 0.05) is 5.56 Å². The third-order valence-corrected chi connectivity index (χ3v) is 3.02. The summed E-state index contributed by atoms with van der Waals surface area (Å²) >= 11 is 3.38. The molecule has 6 nitrogen and oxygen atoms in total. The van der Waals surface area contributed by atoms with Crippen molar-refractivity contribution in [2.45, 2.75) is 6.42 Å². The van der Waals surface area contributed by atoms with Crippen LogP contribution < -0.4 is 4.74 Å². The molecule has 1 aromatic carbocycles. The number of benzene rings is 1. The van der Waals surface area contributed by atoms with Crippen LogP contribution in [0.4, 0.5) is 0 Å². The van der Waals surface area contributed by atoms with Crippen LogP contribution in [0, 0.1) is 0 Å². The van der Waals surface area contributed by atoms with E-state index < -0.39 is 5.97 Å². The summed E-state index contributed by atoms with van der Waals surface area (Å²) in [5.41, 5.74) is 0.757. The minimum Gasteiger partial charge on any atom is -0.496 e. The van der Waals surface area contributed by atoms with Crippen LogP contribution in [0.15, 0.2) is 27.2 Å². The molecule has 0 saturated carbocycles. The Bertz CT molecular complexity index is 597. The summed E-state index contributed by atoms with van der Waals surface area (Å²) in [7, 11) is 2.89. The molecule has 1 heterocycles. The number of esters is 1. The summed E-state index contributed by atoms with van der Waals surface area (Å²) in [5, 5.41) is 3.81. The smallest absolute Gasteiger partial charge is 0.315 e. The largest absolute Gasteiger partial charge is 0.496 e. The fraction of sp³-hybridized carbons (Fsp3) is 0.250. The van der Waals surface area contributed by atoms with Gasteiger partial charge < -0.3 is 14.0 Å². The molecule has 0 radical (unpaired) electrons. The van der Waals surface area contributed by atoms with E-state index >= 15 is 0 Å². The van der Waals surface area contributed by atoms with E-state index in [2.05, 4.69) is 30.8 Å². The van der Waals surface area contributed by atoms with Crippen molar-refractivity contribution >= 4 is 21.9 Å². The molecular weight excluding hydrogens is 316 g/mol. The van der Waals surface area contributed by atoms with Crippen molar-refractivity contribution in [1.82, 2.24) is 10.1 Å². The van der Waals surface area contributed by atoms with Crippen molar-refractivity contribution in [3.05, 3.63) is 28.6 Å². The number of nitrogens with zero attached hydrogens (tertiary/aromatic N) is 2. The molecule has 0 spiro atoms. The van der Waals surface area contributed by atoms with Crippen LogP contribution >= 0.6 is 15.9 Å². The van der Waals surface area contributed by atoms with Crippen molar-refractivity contribution in [2.24, 2.45) is 0 Å². The fourth-order valence-electron chi connectivity index (χ4n) is 1.45. The first-order valence-corrected chi connectivity index (χ1v) is 6.16. The lowest BCUT2D eigenvalue weighted by atomic mass is 10.2. The number of hydrogen-bond acceptors (Lipinski definition) is 6. The first-order valence-electron chi connectivity index (χ1n) is 5.37. The Morgan fingerprint density at radius 3 is 2.84 bits per heavy atom. The Morgan fingerprint density at radius 1 is 1.42 bits per heavy atom. The highest BCUT2D eigenvalue weighted by Crippen LogP contribution is 2.29. The SMILES string of the molecule is COC(=O)Cc1nc(-c2ccc(OC)c(Br)c2)no1. The number of halogens is 1. The molecule has 19 heavy (non-hydrogen) atoms. The van der Waals surface area contributed by atoms with Crippen LogP contribution in [-0.2, 0) is 16.0 Å². The quantitative estimate of drug-likeness (QED) is 0.802. The van der Waals surface area contributed by atoms with E-state index in [1.807, 2.05) is 6.07 Å². The van der Waals surface area contributed by atoms with Crippen molar-refractivity contribution in [3.63, 3.8) is 0 Å². The van der Waals surface area contributed by atoms with Gasteiger partial charge in [0.2, 0.25) is 11.7 Å². The summed E-state index contributed by atoms with van der Waals surface area (Å²) in [6.45, 7) is 0. The number of ether oxygens (including phenoxy) is 2.